The SMILES string of the molecule is CCc1ccc(CCC2C(=CN)C(=NC)CCN2C(=S)c2cccc(Cl)c2)cc1. The van der Waals surface area contributed by atoms with Gasteiger partial charge in [0, 0.05) is 48.1 Å². The average Bonchev–Trinajstić information content (AvgIpc) is 2.76. The quantitative estimate of drug-likeness (QED) is 0.669. The van der Waals surface area contributed by atoms with E-state index >= 15 is 0 Å². The number of nitrogens with two attached hydrogens (primary N) is 1. The third-order valence-corrected chi connectivity index (χ3v) is 6.28. The maximum Gasteiger partial charge on any atom is 0.109 e. The van der Waals surface area contributed by atoms with Gasteiger partial charge in [-0.1, -0.05) is 67.1 Å². The molecule has 1 fully saturated rings. The predicted molar refractivity (Wildman–Crippen MR) is 128 cm³/mol. The minimum atomic E-state index is 0.102. The molecular weight excluding hydrogens is 398 g/mol. The van der Waals surface area contributed by atoms with Crippen molar-refractivity contribution in [3.63, 3.8) is 0 Å². The molecular formula is C24H28ClN3S. The summed E-state index contributed by atoms with van der Waals surface area (Å²) in [7, 11) is 1.84. The topological polar surface area (TPSA) is 41.6 Å². The first-order chi connectivity index (χ1) is 14.1. The van der Waals surface area contributed by atoms with Crippen molar-refractivity contribution < 1.29 is 0 Å². The normalized spacial score (nSPS) is 19.7. The van der Waals surface area contributed by atoms with Gasteiger partial charge in [0.05, 0.1) is 6.04 Å². The molecule has 0 bridgehead atoms. The first kappa shape index (κ1) is 21.5. The van der Waals surface area contributed by atoms with Crippen LogP contribution in [0.2, 0.25) is 5.02 Å². The highest BCUT2D eigenvalue weighted by atomic mass is 35.5. The lowest BCUT2D eigenvalue weighted by molar-refractivity contribution is 0.335. The van der Waals surface area contributed by atoms with E-state index in [0.29, 0.717) is 5.02 Å². The Balaban J connectivity index is 1.86. The molecule has 1 aliphatic rings. The fourth-order valence-electron chi connectivity index (χ4n) is 3.92. The van der Waals surface area contributed by atoms with Crippen LogP contribution in [-0.4, -0.2) is 35.2 Å². The van der Waals surface area contributed by atoms with Crippen LogP contribution in [0, 0.1) is 0 Å². The Morgan fingerprint density at radius 2 is 1.97 bits per heavy atom. The summed E-state index contributed by atoms with van der Waals surface area (Å²) in [5.74, 6) is 0. The summed E-state index contributed by atoms with van der Waals surface area (Å²) in [4.78, 5) is 7.59. The third kappa shape index (κ3) is 5.06. The number of benzene rings is 2. The molecule has 2 aromatic carbocycles. The number of hydrogen-bond acceptors (Lipinski definition) is 3. The van der Waals surface area contributed by atoms with Crippen LogP contribution in [0.25, 0.3) is 0 Å². The zero-order chi connectivity index (χ0) is 20.8. The lowest BCUT2D eigenvalue weighted by atomic mass is 9.89. The van der Waals surface area contributed by atoms with Gasteiger partial charge >= 0.3 is 0 Å². The van der Waals surface area contributed by atoms with Crippen molar-refractivity contribution in [2.75, 3.05) is 13.6 Å². The van der Waals surface area contributed by atoms with Crippen LogP contribution in [0.3, 0.4) is 0 Å². The number of aliphatic imine (C=N–C) groups is 1. The van der Waals surface area contributed by atoms with E-state index < -0.39 is 0 Å². The summed E-state index contributed by atoms with van der Waals surface area (Å²) in [6.07, 6.45) is 5.48. The molecule has 0 aromatic heterocycles. The summed E-state index contributed by atoms with van der Waals surface area (Å²) < 4.78 is 0. The predicted octanol–water partition coefficient (Wildman–Crippen LogP) is 5.20. The van der Waals surface area contributed by atoms with E-state index in [9.17, 15) is 0 Å². The molecule has 1 heterocycles. The summed E-state index contributed by atoms with van der Waals surface area (Å²) >= 11 is 12.1. The minimum Gasteiger partial charge on any atom is -0.404 e. The van der Waals surface area contributed by atoms with Crippen LogP contribution in [-0.2, 0) is 12.8 Å². The van der Waals surface area contributed by atoms with Gasteiger partial charge in [0.2, 0.25) is 0 Å². The second-order valence-corrected chi connectivity index (χ2v) is 8.10. The molecule has 1 atom stereocenters. The van der Waals surface area contributed by atoms with Crippen LogP contribution in [0.4, 0.5) is 0 Å². The van der Waals surface area contributed by atoms with Gasteiger partial charge in [-0.25, -0.2) is 0 Å². The molecule has 1 unspecified atom stereocenters. The molecule has 0 aliphatic carbocycles. The number of piperidine rings is 1. The highest BCUT2D eigenvalue weighted by Crippen LogP contribution is 2.27. The van der Waals surface area contributed by atoms with Gasteiger partial charge in [-0.05, 0) is 42.5 Å². The summed E-state index contributed by atoms with van der Waals surface area (Å²) in [5.41, 5.74) is 11.9. The molecule has 0 amide bonds. The van der Waals surface area contributed by atoms with Crippen molar-refractivity contribution in [2.24, 2.45) is 10.7 Å². The van der Waals surface area contributed by atoms with Crippen molar-refractivity contribution in [1.29, 1.82) is 0 Å². The number of likely N-dealkylation sites (tertiary alicyclic amines) is 1. The van der Waals surface area contributed by atoms with E-state index in [4.69, 9.17) is 29.6 Å². The molecule has 1 aliphatic heterocycles. The smallest absolute Gasteiger partial charge is 0.109 e. The van der Waals surface area contributed by atoms with Gasteiger partial charge in [-0.3, -0.25) is 4.99 Å². The lowest BCUT2D eigenvalue weighted by Gasteiger charge is -2.40. The van der Waals surface area contributed by atoms with E-state index in [-0.39, 0.29) is 6.04 Å². The molecule has 3 rings (SSSR count). The molecule has 0 radical (unpaired) electrons. The third-order valence-electron chi connectivity index (χ3n) is 5.58. The Kier molecular flexibility index (Phi) is 7.45. The van der Waals surface area contributed by atoms with E-state index in [1.165, 1.54) is 11.1 Å². The Morgan fingerprint density at radius 3 is 2.59 bits per heavy atom. The molecule has 29 heavy (non-hydrogen) atoms. The van der Waals surface area contributed by atoms with E-state index in [0.717, 1.165) is 54.1 Å². The molecule has 3 nitrogen and oxygen atoms in total. The maximum absolute atomic E-state index is 6.20. The van der Waals surface area contributed by atoms with Crippen LogP contribution in [0.5, 0.6) is 0 Å². The van der Waals surface area contributed by atoms with Crippen molar-refractivity contribution in [3.8, 4) is 0 Å². The van der Waals surface area contributed by atoms with Gasteiger partial charge in [-0.15, -0.1) is 0 Å². The number of aryl methyl sites for hydroxylation is 2. The van der Waals surface area contributed by atoms with Gasteiger partial charge in [-0.2, -0.15) is 0 Å². The number of rotatable bonds is 5. The monoisotopic (exact) mass is 425 g/mol. The maximum atomic E-state index is 6.20. The highest BCUT2D eigenvalue weighted by molar-refractivity contribution is 7.80. The zero-order valence-corrected chi connectivity index (χ0v) is 18.6. The van der Waals surface area contributed by atoms with E-state index in [1.807, 2.05) is 31.3 Å². The van der Waals surface area contributed by atoms with Gasteiger partial charge in [0.1, 0.15) is 4.99 Å². The van der Waals surface area contributed by atoms with Crippen molar-refractivity contribution in [1.82, 2.24) is 4.90 Å². The molecule has 2 N–H and O–H groups in total. The number of hydrogen-bond donors (Lipinski definition) is 1. The molecule has 152 valence electrons. The van der Waals surface area contributed by atoms with E-state index in [2.05, 4.69) is 41.1 Å². The van der Waals surface area contributed by atoms with Crippen molar-refractivity contribution in [3.05, 3.63) is 82.0 Å². The molecule has 5 heteroatoms. The van der Waals surface area contributed by atoms with E-state index in [1.54, 1.807) is 6.20 Å². The average molecular weight is 426 g/mol. The second kappa shape index (κ2) is 10.0. The Labute approximate surface area is 184 Å². The molecule has 0 spiro atoms. The zero-order valence-electron chi connectivity index (χ0n) is 17.1. The van der Waals surface area contributed by atoms with Crippen molar-refractivity contribution in [2.45, 2.75) is 38.6 Å². The molecule has 0 saturated carbocycles. The number of thiocarbonyl (C=S) groups is 1. The Hall–Kier alpha value is -2.17. The Bertz CT molecular complexity index is 918. The molecule has 2 aromatic rings. The van der Waals surface area contributed by atoms with Crippen molar-refractivity contribution >= 4 is 34.5 Å². The largest absolute Gasteiger partial charge is 0.404 e. The lowest BCUT2D eigenvalue weighted by Crippen LogP contribution is -2.48. The summed E-state index contributed by atoms with van der Waals surface area (Å²) in [6.45, 7) is 3.00. The second-order valence-electron chi connectivity index (χ2n) is 7.28. The first-order valence-corrected chi connectivity index (χ1v) is 10.9. The minimum absolute atomic E-state index is 0.102. The summed E-state index contributed by atoms with van der Waals surface area (Å²) in [6, 6.07) is 16.7. The standard InChI is InChI=1S/C24H28ClN3S/c1-3-17-7-9-18(10-8-17)11-12-23-21(16-26)22(27-2)13-14-28(23)24(29)19-5-4-6-20(25)15-19/h4-10,15-16,23H,3,11-14,26H2,1-2H3. The van der Waals surface area contributed by atoms with Gasteiger partial charge in [0.15, 0.2) is 0 Å². The van der Waals surface area contributed by atoms with Crippen LogP contribution >= 0.6 is 23.8 Å². The summed E-state index contributed by atoms with van der Waals surface area (Å²) in [5, 5.41) is 0.694. The Morgan fingerprint density at radius 1 is 1.24 bits per heavy atom. The molecule has 1 saturated heterocycles. The van der Waals surface area contributed by atoms with Crippen LogP contribution < -0.4 is 5.73 Å². The number of halogens is 1. The van der Waals surface area contributed by atoms with Crippen LogP contribution in [0.1, 0.15) is 36.5 Å². The highest BCUT2D eigenvalue weighted by Gasteiger charge is 2.32. The first-order valence-electron chi connectivity index (χ1n) is 10.1. The fraction of sp³-hybridized carbons (Fsp3) is 0.333. The van der Waals surface area contributed by atoms with Crippen LogP contribution in [0.15, 0.2) is 65.3 Å². The van der Waals surface area contributed by atoms with Gasteiger partial charge in [0.25, 0.3) is 0 Å². The van der Waals surface area contributed by atoms with Gasteiger partial charge < -0.3 is 10.6 Å². The number of nitrogens with zero attached hydrogens (tertiary/aromatic N) is 2. The fourth-order valence-corrected chi connectivity index (χ4v) is 4.46.